The second-order valence-electron chi connectivity index (χ2n) is 3.75. The van der Waals surface area contributed by atoms with Crippen molar-refractivity contribution in [3.8, 4) is 5.75 Å². The smallest absolute Gasteiger partial charge is 0.151 e. The predicted molar refractivity (Wildman–Crippen MR) is 60.1 cm³/mol. The van der Waals surface area contributed by atoms with Gasteiger partial charge in [0.05, 0.1) is 13.2 Å². The monoisotopic (exact) mass is 207 g/mol. The molecule has 0 aliphatic heterocycles. The third kappa shape index (κ3) is 2.80. The maximum atomic E-state index is 11.5. The van der Waals surface area contributed by atoms with E-state index in [1.807, 2.05) is 43.3 Å². The highest BCUT2D eigenvalue weighted by atomic mass is 16.5. The van der Waals surface area contributed by atoms with Gasteiger partial charge in [0.25, 0.3) is 0 Å². The maximum Gasteiger partial charge on any atom is 0.151 e. The maximum absolute atomic E-state index is 11.5. The van der Waals surface area contributed by atoms with Gasteiger partial charge in [-0.3, -0.25) is 9.69 Å². The Balaban J connectivity index is 2.97. The van der Waals surface area contributed by atoms with Crippen molar-refractivity contribution >= 4 is 5.78 Å². The third-order valence-electron chi connectivity index (χ3n) is 2.33. The van der Waals surface area contributed by atoms with Crippen LogP contribution in [-0.2, 0) is 4.79 Å². The zero-order valence-corrected chi connectivity index (χ0v) is 9.65. The summed E-state index contributed by atoms with van der Waals surface area (Å²) in [4.78, 5) is 13.4. The standard InChI is InChI=1S/C12H17NO2/c1-9(14)12(13(2)3)10-5-7-11(15-4)8-6-10/h5-8,12H,1-4H3. The first kappa shape index (κ1) is 11.7. The number of carbonyl (C=O) groups is 1. The molecule has 3 nitrogen and oxygen atoms in total. The average Bonchev–Trinajstić information content (AvgIpc) is 2.18. The van der Waals surface area contributed by atoms with E-state index in [0.29, 0.717) is 0 Å². The Morgan fingerprint density at radius 1 is 1.27 bits per heavy atom. The Kier molecular flexibility index (Phi) is 3.86. The molecule has 0 aliphatic carbocycles. The highest BCUT2D eigenvalue weighted by Gasteiger charge is 2.18. The summed E-state index contributed by atoms with van der Waals surface area (Å²) in [7, 11) is 5.43. The van der Waals surface area contributed by atoms with Gasteiger partial charge in [0.2, 0.25) is 0 Å². The van der Waals surface area contributed by atoms with Gasteiger partial charge in [-0.25, -0.2) is 0 Å². The second kappa shape index (κ2) is 4.94. The fourth-order valence-electron chi connectivity index (χ4n) is 1.68. The molecule has 1 unspecified atom stereocenters. The molecule has 0 N–H and O–H groups in total. The number of benzene rings is 1. The number of hydrogen-bond donors (Lipinski definition) is 0. The number of ether oxygens (including phenoxy) is 1. The van der Waals surface area contributed by atoms with Crippen LogP contribution in [0.15, 0.2) is 24.3 Å². The quantitative estimate of drug-likeness (QED) is 0.755. The van der Waals surface area contributed by atoms with Crippen LogP contribution in [0.4, 0.5) is 0 Å². The molecule has 0 amide bonds. The van der Waals surface area contributed by atoms with Crippen LogP contribution in [0.1, 0.15) is 18.5 Å². The third-order valence-corrected chi connectivity index (χ3v) is 2.33. The van der Waals surface area contributed by atoms with Crippen LogP contribution in [0, 0.1) is 0 Å². The number of rotatable bonds is 4. The fourth-order valence-corrected chi connectivity index (χ4v) is 1.68. The second-order valence-corrected chi connectivity index (χ2v) is 3.75. The SMILES string of the molecule is COc1ccc(C(C(C)=O)N(C)C)cc1. The minimum absolute atomic E-state index is 0.144. The summed E-state index contributed by atoms with van der Waals surface area (Å²) in [5, 5.41) is 0. The summed E-state index contributed by atoms with van der Waals surface area (Å²) in [5.74, 6) is 0.949. The number of Topliss-reactive ketones (excluding diaryl/α,β-unsaturated/α-hetero) is 1. The molecule has 0 fully saturated rings. The van der Waals surface area contributed by atoms with Crippen LogP contribution in [0.2, 0.25) is 0 Å². The van der Waals surface area contributed by atoms with Crippen LogP contribution in [-0.4, -0.2) is 31.9 Å². The molecule has 0 saturated carbocycles. The normalized spacial score (nSPS) is 12.6. The van der Waals surface area contributed by atoms with Crippen molar-refractivity contribution in [2.24, 2.45) is 0 Å². The minimum atomic E-state index is -0.170. The van der Waals surface area contributed by atoms with Crippen LogP contribution < -0.4 is 4.74 Å². The average molecular weight is 207 g/mol. The lowest BCUT2D eigenvalue weighted by atomic mass is 10.0. The zero-order valence-electron chi connectivity index (χ0n) is 9.65. The summed E-state index contributed by atoms with van der Waals surface area (Å²) in [6, 6.07) is 7.41. The first-order valence-electron chi connectivity index (χ1n) is 4.87. The Hall–Kier alpha value is -1.35. The summed E-state index contributed by atoms with van der Waals surface area (Å²) < 4.78 is 5.07. The lowest BCUT2D eigenvalue weighted by Crippen LogP contribution is -2.25. The molecule has 1 aromatic rings. The summed E-state index contributed by atoms with van der Waals surface area (Å²) in [6.45, 7) is 1.61. The minimum Gasteiger partial charge on any atom is -0.497 e. The molecule has 15 heavy (non-hydrogen) atoms. The Morgan fingerprint density at radius 3 is 2.13 bits per heavy atom. The van der Waals surface area contributed by atoms with E-state index in [-0.39, 0.29) is 11.8 Å². The van der Waals surface area contributed by atoms with Crippen LogP contribution in [0.5, 0.6) is 5.75 Å². The van der Waals surface area contributed by atoms with E-state index in [1.54, 1.807) is 14.0 Å². The van der Waals surface area contributed by atoms with Gasteiger partial charge in [0.15, 0.2) is 5.78 Å². The molecule has 0 bridgehead atoms. The largest absolute Gasteiger partial charge is 0.497 e. The van der Waals surface area contributed by atoms with E-state index < -0.39 is 0 Å². The lowest BCUT2D eigenvalue weighted by Gasteiger charge is -2.22. The Bertz CT molecular complexity index is 330. The number of nitrogens with zero attached hydrogens (tertiary/aromatic N) is 1. The Labute approximate surface area is 90.7 Å². The molecule has 0 aliphatic rings. The first-order chi connectivity index (χ1) is 7.06. The first-order valence-corrected chi connectivity index (χ1v) is 4.87. The Morgan fingerprint density at radius 2 is 1.80 bits per heavy atom. The highest BCUT2D eigenvalue weighted by Crippen LogP contribution is 2.21. The van der Waals surface area contributed by atoms with Gasteiger partial charge in [-0.2, -0.15) is 0 Å². The molecule has 0 radical (unpaired) electrons. The molecular formula is C12H17NO2. The van der Waals surface area contributed by atoms with Crippen molar-refractivity contribution in [3.63, 3.8) is 0 Å². The van der Waals surface area contributed by atoms with Crippen molar-refractivity contribution < 1.29 is 9.53 Å². The molecule has 1 atom stereocenters. The summed E-state index contributed by atoms with van der Waals surface area (Å²) in [5.41, 5.74) is 0.994. The van der Waals surface area contributed by atoms with Crippen molar-refractivity contribution in [2.45, 2.75) is 13.0 Å². The van der Waals surface area contributed by atoms with Crippen molar-refractivity contribution in [3.05, 3.63) is 29.8 Å². The number of ketones is 1. The van der Waals surface area contributed by atoms with E-state index in [4.69, 9.17) is 4.74 Å². The molecule has 3 heteroatoms. The van der Waals surface area contributed by atoms with E-state index in [1.165, 1.54) is 0 Å². The van der Waals surface area contributed by atoms with Gasteiger partial charge in [-0.05, 0) is 38.7 Å². The van der Waals surface area contributed by atoms with Crippen molar-refractivity contribution in [2.75, 3.05) is 21.2 Å². The van der Waals surface area contributed by atoms with Crippen molar-refractivity contribution in [1.82, 2.24) is 4.90 Å². The van der Waals surface area contributed by atoms with Crippen LogP contribution in [0.3, 0.4) is 0 Å². The number of carbonyl (C=O) groups excluding carboxylic acids is 1. The van der Waals surface area contributed by atoms with Gasteiger partial charge >= 0.3 is 0 Å². The molecule has 0 saturated heterocycles. The lowest BCUT2D eigenvalue weighted by molar-refractivity contribution is -0.121. The molecule has 1 rings (SSSR count). The predicted octanol–water partition coefficient (Wildman–Crippen LogP) is 1.89. The van der Waals surface area contributed by atoms with Gasteiger partial charge in [-0.1, -0.05) is 12.1 Å². The van der Waals surface area contributed by atoms with E-state index in [0.717, 1.165) is 11.3 Å². The van der Waals surface area contributed by atoms with Gasteiger partial charge < -0.3 is 4.74 Å². The number of hydrogen-bond acceptors (Lipinski definition) is 3. The van der Waals surface area contributed by atoms with Crippen LogP contribution >= 0.6 is 0 Å². The number of methoxy groups -OCH3 is 1. The number of likely N-dealkylation sites (N-methyl/N-ethyl adjacent to an activating group) is 1. The topological polar surface area (TPSA) is 29.5 Å². The zero-order chi connectivity index (χ0) is 11.4. The van der Waals surface area contributed by atoms with Gasteiger partial charge in [0, 0.05) is 0 Å². The van der Waals surface area contributed by atoms with E-state index in [9.17, 15) is 4.79 Å². The van der Waals surface area contributed by atoms with E-state index >= 15 is 0 Å². The molecule has 0 heterocycles. The molecule has 0 aromatic heterocycles. The molecule has 82 valence electrons. The van der Waals surface area contributed by atoms with Crippen LogP contribution in [0.25, 0.3) is 0 Å². The van der Waals surface area contributed by atoms with Crippen molar-refractivity contribution in [1.29, 1.82) is 0 Å². The summed E-state index contributed by atoms with van der Waals surface area (Å²) in [6.07, 6.45) is 0. The molecular weight excluding hydrogens is 190 g/mol. The van der Waals surface area contributed by atoms with E-state index in [2.05, 4.69) is 0 Å². The van der Waals surface area contributed by atoms with Gasteiger partial charge in [0.1, 0.15) is 5.75 Å². The molecule has 1 aromatic carbocycles. The fraction of sp³-hybridized carbons (Fsp3) is 0.417. The van der Waals surface area contributed by atoms with Gasteiger partial charge in [-0.15, -0.1) is 0 Å². The summed E-state index contributed by atoms with van der Waals surface area (Å²) >= 11 is 0. The highest BCUT2D eigenvalue weighted by molar-refractivity contribution is 5.82. The molecule has 0 spiro atoms.